The fraction of sp³-hybridized carbons (Fsp3) is 0.0164. The Labute approximate surface area is 412 Å². The van der Waals surface area contributed by atoms with Gasteiger partial charge in [0, 0.05) is 0 Å². The van der Waals surface area contributed by atoms with E-state index in [2.05, 4.69) is 138 Å². The van der Waals surface area contributed by atoms with Crippen LogP contribution in [0.25, 0.3) is 72.0 Å². The van der Waals surface area contributed by atoms with E-state index in [1.165, 1.54) is 16.2 Å². The first kappa shape index (κ1) is 42.3. The average molecular weight is 1030 g/mol. The number of anilines is 3. The summed E-state index contributed by atoms with van der Waals surface area (Å²) in [4.78, 5) is 2.36. The molecule has 1 aromatic heterocycles. The van der Waals surface area contributed by atoms with Gasteiger partial charge < -0.3 is 0 Å². The Bertz CT molecular complexity index is 3850. The SMILES string of the molecule is COc1ccc2c(c1)c1c(F)c(F)c(F)c(F)c1n2-c1cc2c3c(c1)N(c1c(-c4ccccc4)cccc1-c1ccccc1)c1ccc(-c4ccccc4)cc1B3c1cc(-c3ccccc3)ccc1[Te]2. The first-order chi connectivity index (χ1) is 34.4. The van der Waals surface area contributed by atoms with E-state index in [0.29, 0.717) is 17.0 Å². The van der Waals surface area contributed by atoms with Crippen molar-refractivity contribution in [2.24, 2.45) is 0 Å². The van der Waals surface area contributed by atoms with Gasteiger partial charge in [0.1, 0.15) is 0 Å². The minimum absolute atomic E-state index is 0.195. The summed E-state index contributed by atoms with van der Waals surface area (Å²) in [6.45, 7) is -0.237. The van der Waals surface area contributed by atoms with E-state index >= 15 is 17.6 Å². The van der Waals surface area contributed by atoms with Crippen LogP contribution >= 0.6 is 0 Å². The Hall–Kier alpha value is -7.83. The van der Waals surface area contributed by atoms with E-state index in [0.717, 1.165) is 76.1 Å². The van der Waals surface area contributed by atoms with Gasteiger partial charge in [-0.3, -0.25) is 0 Å². The van der Waals surface area contributed by atoms with Crippen molar-refractivity contribution < 1.29 is 22.3 Å². The molecule has 70 heavy (non-hydrogen) atoms. The summed E-state index contributed by atoms with van der Waals surface area (Å²) in [6, 6.07) is 70.6. The third-order valence-electron chi connectivity index (χ3n) is 13.8. The van der Waals surface area contributed by atoms with E-state index in [9.17, 15) is 0 Å². The molecule has 0 unspecified atom stereocenters. The first-order valence-electron chi connectivity index (χ1n) is 23.0. The fourth-order valence-electron chi connectivity index (χ4n) is 10.7. The van der Waals surface area contributed by atoms with Crippen LogP contribution in [0.1, 0.15) is 0 Å². The molecule has 0 atom stereocenters. The van der Waals surface area contributed by atoms with Crippen LogP contribution < -0.4 is 33.2 Å². The molecular weight excluding hydrogens is 991 g/mol. The van der Waals surface area contributed by atoms with Gasteiger partial charge in [-0.15, -0.1) is 0 Å². The summed E-state index contributed by atoms with van der Waals surface area (Å²) in [5.41, 5.74) is 15.1. The number of para-hydroxylation sites is 1. The predicted molar refractivity (Wildman–Crippen MR) is 280 cm³/mol. The molecule has 0 saturated heterocycles. The summed E-state index contributed by atoms with van der Waals surface area (Å²) in [5, 5.41) is -0.165. The fourth-order valence-corrected chi connectivity index (χ4v) is 14.1. The number of nitrogens with zero attached hydrogens (tertiary/aromatic N) is 2. The van der Waals surface area contributed by atoms with Crippen LogP contribution in [0.3, 0.4) is 0 Å². The van der Waals surface area contributed by atoms with Crippen LogP contribution in [-0.4, -0.2) is 39.3 Å². The van der Waals surface area contributed by atoms with Crippen molar-refractivity contribution in [1.82, 2.24) is 4.57 Å². The van der Waals surface area contributed by atoms with Gasteiger partial charge in [0.05, 0.1) is 0 Å². The normalized spacial score (nSPS) is 12.5. The topological polar surface area (TPSA) is 17.4 Å². The summed E-state index contributed by atoms with van der Waals surface area (Å²) in [6.07, 6.45) is 0. The molecule has 9 heteroatoms. The van der Waals surface area contributed by atoms with E-state index < -0.39 is 49.7 Å². The third-order valence-corrected chi connectivity index (χ3v) is 17.1. The van der Waals surface area contributed by atoms with E-state index in [1.54, 1.807) is 22.8 Å². The van der Waals surface area contributed by atoms with E-state index in [4.69, 9.17) is 4.74 Å². The van der Waals surface area contributed by atoms with Crippen molar-refractivity contribution in [3.8, 4) is 55.9 Å². The van der Waals surface area contributed by atoms with Crippen molar-refractivity contribution in [2.45, 2.75) is 0 Å². The zero-order chi connectivity index (χ0) is 47.2. The number of halogens is 4. The number of rotatable bonds is 7. The van der Waals surface area contributed by atoms with Gasteiger partial charge in [-0.05, 0) is 0 Å². The van der Waals surface area contributed by atoms with Crippen LogP contribution in [0.2, 0.25) is 0 Å². The molecular formula is C61H37BF4N2OTe. The Kier molecular flexibility index (Phi) is 10.1. The molecule has 0 amide bonds. The van der Waals surface area contributed by atoms with Crippen LogP contribution in [0.4, 0.5) is 34.6 Å². The van der Waals surface area contributed by atoms with Crippen LogP contribution in [-0.2, 0) is 0 Å². The second-order valence-electron chi connectivity index (χ2n) is 17.6. The molecule has 0 spiro atoms. The Morgan fingerprint density at radius 2 is 1.03 bits per heavy atom. The van der Waals surface area contributed by atoms with Crippen molar-refractivity contribution in [2.75, 3.05) is 12.0 Å². The molecule has 0 fully saturated rings. The van der Waals surface area contributed by atoms with Gasteiger partial charge in [-0.25, -0.2) is 0 Å². The molecule has 3 heterocycles. The number of fused-ring (bicyclic) bond motifs is 7. The van der Waals surface area contributed by atoms with Crippen LogP contribution in [0, 0.1) is 23.3 Å². The summed E-state index contributed by atoms with van der Waals surface area (Å²) < 4.78 is 73.5. The molecule has 0 saturated carbocycles. The molecule has 334 valence electrons. The standard InChI is InChI=1S/C61H37BF4N2OTe/c1-69-43-27-29-49-46(35-43)54-56(63)57(64)58(65)59(66)61(54)67(49)42-33-51-55-53(34-42)70-52-30-26-41(37-17-8-3-9-18-37)32-48(52)62(55)47-31-40(36-15-6-2-7-16-36)25-28-50(47)68(51)60-44(38-19-10-4-11-20-38)23-14-24-45(60)39-21-12-5-13-22-39/h2-35H,1H3. The number of benzene rings is 10. The van der Waals surface area contributed by atoms with Gasteiger partial charge in [0.15, 0.2) is 0 Å². The molecule has 3 nitrogen and oxygen atoms in total. The van der Waals surface area contributed by atoms with Crippen LogP contribution in [0.15, 0.2) is 206 Å². The van der Waals surface area contributed by atoms with Gasteiger partial charge in [0.2, 0.25) is 0 Å². The maximum atomic E-state index is 16.7. The van der Waals surface area contributed by atoms with Crippen molar-refractivity contribution in [3.63, 3.8) is 0 Å². The maximum absolute atomic E-state index is 16.7. The molecule has 0 bridgehead atoms. The Morgan fingerprint density at radius 3 is 1.64 bits per heavy atom. The zero-order valence-electron chi connectivity index (χ0n) is 37.4. The molecule has 10 aromatic carbocycles. The number of ether oxygens (including phenoxy) is 1. The summed E-state index contributed by atoms with van der Waals surface area (Å²) in [5.74, 6) is -6.30. The molecule has 0 N–H and O–H groups in total. The quantitative estimate of drug-likeness (QED) is 0.0685. The van der Waals surface area contributed by atoms with Gasteiger partial charge in [-0.1, -0.05) is 0 Å². The predicted octanol–water partition coefficient (Wildman–Crippen LogP) is 12.3. The average Bonchev–Trinajstić information content (AvgIpc) is 3.77. The van der Waals surface area contributed by atoms with Gasteiger partial charge >= 0.3 is 414 Å². The van der Waals surface area contributed by atoms with Crippen molar-refractivity contribution >= 4 is 90.1 Å². The van der Waals surface area contributed by atoms with Crippen molar-refractivity contribution in [3.05, 3.63) is 230 Å². The first-order valence-corrected chi connectivity index (χ1v) is 25.3. The summed E-state index contributed by atoms with van der Waals surface area (Å²) >= 11 is -1.20. The third kappa shape index (κ3) is 6.56. The molecule has 0 radical (unpaired) electrons. The van der Waals surface area contributed by atoms with E-state index in [-0.39, 0.29) is 17.5 Å². The zero-order valence-corrected chi connectivity index (χ0v) is 39.8. The molecule has 13 rings (SSSR count). The van der Waals surface area contributed by atoms with Gasteiger partial charge in [0.25, 0.3) is 0 Å². The molecule has 11 aromatic rings. The second-order valence-corrected chi connectivity index (χ2v) is 20.7. The Morgan fingerprint density at radius 1 is 0.457 bits per heavy atom. The number of hydrogen-bond acceptors (Lipinski definition) is 2. The number of methoxy groups -OCH3 is 1. The molecule has 2 aliphatic rings. The second kappa shape index (κ2) is 16.7. The minimum atomic E-state index is -1.87. The summed E-state index contributed by atoms with van der Waals surface area (Å²) in [7, 11) is 1.47. The van der Waals surface area contributed by atoms with E-state index in [1.807, 2.05) is 54.6 Å². The van der Waals surface area contributed by atoms with Gasteiger partial charge in [-0.2, -0.15) is 0 Å². The monoisotopic (exact) mass is 1030 g/mol. The van der Waals surface area contributed by atoms with Crippen molar-refractivity contribution in [1.29, 1.82) is 0 Å². The molecule has 2 aliphatic heterocycles. The number of aromatic nitrogens is 1. The van der Waals surface area contributed by atoms with Crippen LogP contribution in [0.5, 0.6) is 5.75 Å². The molecule has 0 aliphatic carbocycles. The Balaban J connectivity index is 1.19. The number of hydrogen-bond donors (Lipinski definition) is 0.